The third-order valence-electron chi connectivity index (χ3n) is 3.22. The maximum absolute atomic E-state index is 13.5. The number of likely N-dealkylation sites (tertiary alicyclic amines) is 1. The summed E-state index contributed by atoms with van der Waals surface area (Å²) >= 11 is 0. The molecule has 0 N–H and O–H groups in total. The third kappa shape index (κ3) is 2.29. The van der Waals surface area contributed by atoms with Crippen molar-refractivity contribution in [3.63, 3.8) is 0 Å². The minimum atomic E-state index is -0.344. The fourth-order valence-corrected chi connectivity index (χ4v) is 2.12. The van der Waals surface area contributed by atoms with Gasteiger partial charge in [0, 0.05) is 13.1 Å². The first-order valence-corrected chi connectivity index (χ1v) is 5.55. The van der Waals surface area contributed by atoms with Crippen LogP contribution in [0.4, 0.5) is 10.2 Å². The number of piperidine rings is 1. The average Bonchev–Trinajstić information content (AvgIpc) is 2.30. The summed E-state index contributed by atoms with van der Waals surface area (Å²) in [6, 6.07) is 0.376. The van der Waals surface area contributed by atoms with E-state index in [0.717, 1.165) is 25.9 Å². The highest BCUT2D eigenvalue weighted by Crippen LogP contribution is 2.21. The van der Waals surface area contributed by atoms with Crippen molar-refractivity contribution in [1.29, 1.82) is 0 Å². The molecule has 0 bridgehead atoms. The molecule has 88 valence electrons. The van der Waals surface area contributed by atoms with Gasteiger partial charge in [-0.15, -0.1) is 0 Å². The predicted molar refractivity (Wildman–Crippen MR) is 60.9 cm³/mol. The van der Waals surface area contributed by atoms with Crippen molar-refractivity contribution in [1.82, 2.24) is 14.9 Å². The van der Waals surface area contributed by atoms with Crippen LogP contribution in [0, 0.1) is 5.82 Å². The Balaban J connectivity index is 2.07. The molecule has 2 heterocycles. The van der Waals surface area contributed by atoms with E-state index in [1.165, 1.54) is 12.5 Å². The molecular formula is C11H17FN4. The maximum Gasteiger partial charge on any atom is 0.183 e. The summed E-state index contributed by atoms with van der Waals surface area (Å²) in [7, 11) is 4.02. The highest BCUT2D eigenvalue weighted by molar-refractivity contribution is 5.38. The molecule has 1 aromatic rings. The Bertz CT molecular complexity index is 350. The molecule has 5 heteroatoms. The van der Waals surface area contributed by atoms with Crippen LogP contribution in [0.3, 0.4) is 0 Å². The Morgan fingerprint density at radius 1 is 1.44 bits per heavy atom. The molecule has 1 aliphatic heterocycles. The Hall–Kier alpha value is -1.23. The van der Waals surface area contributed by atoms with Crippen LogP contribution in [-0.4, -0.2) is 48.1 Å². The molecule has 2 rings (SSSR count). The van der Waals surface area contributed by atoms with Gasteiger partial charge < -0.3 is 9.80 Å². The second kappa shape index (κ2) is 4.74. The monoisotopic (exact) mass is 224 g/mol. The normalized spacial score (nSPS) is 18.7. The molecule has 0 spiro atoms. The molecule has 1 aromatic heterocycles. The van der Waals surface area contributed by atoms with Gasteiger partial charge in [0.05, 0.1) is 6.20 Å². The van der Waals surface area contributed by atoms with Crippen LogP contribution >= 0.6 is 0 Å². The molecule has 1 fully saturated rings. The van der Waals surface area contributed by atoms with Gasteiger partial charge in [-0.1, -0.05) is 0 Å². The molecule has 1 aliphatic rings. The van der Waals surface area contributed by atoms with E-state index in [1.54, 1.807) is 0 Å². The van der Waals surface area contributed by atoms with Crippen molar-refractivity contribution in [2.45, 2.75) is 18.9 Å². The minimum Gasteiger partial charge on any atom is -0.354 e. The van der Waals surface area contributed by atoms with Crippen molar-refractivity contribution in [3.8, 4) is 0 Å². The maximum atomic E-state index is 13.5. The van der Waals surface area contributed by atoms with Gasteiger partial charge in [-0.05, 0) is 33.0 Å². The summed E-state index contributed by atoms with van der Waals surface area (Å²) < 4.78 is 13.5. The van der Waals surface area contributed by atoms with E-state index in [9.17, 15) is 4.39 Å². The van der Waals surface area contributed by atoms with Crippen LogP contribution in [0.15, 0.2) is 12.5 Å². The second-order valence-electron chi connectivity index (χ2n) is 4.34. The van der Waals surface area contributed by atoms with E-state index in [2.05, 4.69) is 21.9 Å². The summed E-state index contributed by atoms with van der Waals surface area (Å²) in [6.07, 6.45) is 4.71. The summed E-state index contributed by atoms with van der Waals surface area (Å²) in [6.45, 7) is 2.11. The van der Waals surface area contributed by atoms with Gasteiger partial charge in [0.25, 0.3) is 0 Å². The van der Waals surface area contributed by atoms with Crippen LogP contribution in [-0.2, 0) is 0 Å². The first-order valence-electron chi connectivity index (χ1n) is 5.55. The van der Waals surface area contributed by atoms with Crippen LogP contribution in [0.5, 0.6) is 0 Å². The molecular weight excluding hydrogens is 207 g/mol. The molecule has 0 unspecified atom stereocenters. The summed E-state index contributed by atoms with van der Waals surface area (Å²) in [5.74, 6) is 0.0634. The Morgan fingerprint density at radius 2 is 2.12 bits per heavy atom. The Labute approximate surface area is 95.1 Å². The standard InChI is InChI=1S/C11H17FN4/c1-15-5-3-9(4-6-15)16(2)11-10(12)7-13-8-14-11/h7-9H,3-6H2,1-2H3. The van der Waals surface area contributed by atoms with Gasteiger partial charge >= 0.3 is 0 Å². The fourth-order valence-electron chi connectivity index (χ4n) is 2.12. The number of anilines is 1. The average molecular weight is 224 g/mol. The number of rotatable bonds is 2. The molecule has 4 nitrogen and oxygen atoms in total. The summed E-state index contributed by atoms with van der Waals surface area (Å²) in [5.41, 5.74) is 0. The molecule has 0 amide bonds. The Kier molecular flexibility index (Phi) is 3.33. The van der Waals surface area contributed by atoms with Crippen molar-refractivity contribution < 1.29 is 4.39 Å². The van der Waals surface area contributed by atoms with Gasteiger partial charge in [-0.3, -0.25) is 0 Å². The van der Waals surface area contributed by atoms with Crippen molar-refractivity contribution >= 4 is 5.82 Å². The van der Waals surface area contributed by atoms with E-state index >= 15 is 0 Å². The lowest BCUT2D eigenvalue weighted by Gasteiger charge is -2.35. The first kappa shape index (κ1) is 11.3. The number of halogens is 1. The van der Waals surface area contributed by atoms with E-state index < -0.39 is 0 Å². The number of hydrogen-bond acceptors (Lipinski definition) is 4. The van der Waals surface area contributed by atoms with E-state index in [0.29, 0.717) is 11.9 Å². The number of nitrogens with zero attached hydrogens (tertiary/aromatic N) is 4. The predicted octanol–water partition coefficient (Wildman–Crippen LogP) is 1.15. The van der Waals surface area contributed by atoms with E-state index in [1.807, 2.05) is 11.9 Å². The van der Waals surface area contributed by atoms with Crippen LogP contribution in [0.25, 0.3) is 0 Å². The van der Waals surface area contributed by atoms with Gasteiger partial charge in [0.15, 0.2) is 11.6 Å². The summed E-state index contributed by atoms with van der Waals surface area (Å²) in [5, 5.41) is 0. The molecule has 16 heavy (non-hydrogen) atoms. The Morgan fingerprint density at radius 3 is 2.75 bits per heavy atom. The van der Waals surface area contributed by atoms with Crippen LogP contribution in [0.1, 0.15) is 12.8 Å². The van der Waals surface area contributed by atoms with Gasteiger partial charge in [0.2, 0.25) is 0 Å². The topological polar surface area (TPSA) is 32.3 Å². The van der Waals surface area contributed by atoms with Gasteiger partial charge in [-0.2, -0.15) is 0 Å². The smallest absolute Gasteiger partial charge is 0.183 e. The quantitative estimate of drug-likeness (QED) is 0.754. The zero-order valence-corrected chi connectivity index (χ0v) is 9.73. The molecule has 0 aliphatic carbocycles. The third-order valence-corrected chi connectivity index (χ3v) is 3.22. The summed E-state index contributed by atoms with van der Waals surface area (Å²) in [4.78, 5) is 11.9. The lowest BCUT2D eigenvalue weighted by molar-refractivity contribution is 0.252. The van der Waals surface area contributed by atoms with E-state index in [4.69, 9.17) is 0 Å². The van der Waals surface area contributed by atoms with Crippen molar-refractivity contribution in [3.05, 3.63) is 18.3 Å². The molecule has 0 aromatic carbocycles. The molecule has 0 atom stereocenters. The molecule has 0 saturated carbocycles. The van der Waals surface area contributed by atoms with Crippen molar-refractivity contribution in [2.75, 3.05) is 32.1 Å². The zero-order valence-electron chi connectivity index (χ0n) is 9.73. The molecule has 1 saturated heterocycles. The van der Waals surface area contributed by atoms with E-state index in [-0.39, 0.29) is 5.82 Å². The largest absolute Gasteiger partial charge is 0.354 e. The lowest BCUT2D eigenvalue weighted by Crippen LogP contribution is -2.42. The van der Waals surface area contributed by atoms with Crippen LogP contribution in [0.2, 0.25) is 0 Å². The number of hydrogen-bond donors (Lipinski definition) is 0. The number of aromatic nitrogens is 2. The highest BCUT2D eigenvalue weighted by atomic mass is 19.1. The highest BCUT2D eigenvalue weighted by Gasteiger charge is 2.23. The first-order chi connectivity index (χ1) is 7.68. The lowest BCUT2D eigenvalue weighted by atomic mass is 10.0. The molecule has 0 radical (unpaired) electrons. The van der Waals surface area contributed by atoms with Gasteiger partial charge in [0.1, 0.15) is 6.33 Å². The second-order valence-corrected chi connectivity index (χ2v) is 4.34. The van der Waals surface area contributed by atoms with Crippen molar-refractivity contribution in [2.24, 2.45) is 0 Å². The SMILES string of the molecule is CN1CCC(N(C)c2ncncc2F)CC1. The van der Waals surface area contributed by atoms with Crippen LogP contribution < -0.4 is 4.90 Å². The van der Waals surface area contributed by atoms with Gasteiger partial charge in [-0.25, -0.2) is 14.4 Å². The zero-order chi connectivity index (χ0) is 11.5. The minimum absolute atomic E-state index is 0.344. The fraction of sp³-hybridized carbons (Fsp3) is 0.636.